The fraction of sp³-hybridized carbons (Fsp3) is 0.464. The lowest BCUT2D eigenvalue weighted by molar-refractivity contribution is -0.179. The van der Waals surface area contributed by atoms with E-state index in [4.69, 9.17) is 42.6 Å². The zero-order valence-electron chi connectivity index (χ0n) is 26.8. The van der Waals surface area contributed by atoms with E-state index in [9.17, 15) is 18.7 Å². The average molecular weight is 756 g/mol. The number of aromatic nitrogens is 6. The lowest BCUT2D eigenvalue weighted by Crippen LogP contribution is -2.46. The van der Waals surface area contributed by atoms with Crippen LogP contribution >= 0.6 is 15.4 Å². The van der Waals surface area contributed by atoms with E-state index in [1.54, 1.807) is 6.92 Å². The third-order valence-corrected chi connectivity index (χ3v) is 11.7. The highest BCUT2D eigenvalue weighted by Crippen LogP contribution is 2.61. The minimum Gasteiger partial charge on any atom is -0.423 e. The Bertz CT molecular complexity index is 2270. The van der Waals surface area contributed by atoms with Gasteiger partial charge < -0.3 is 29.0 Å². The maximum Gasteiger partial charge on any atom is 0.530 e. The van der Waals surface area contributed by atoms with Gasteiger partial charge in [-0.15, -0.1) is 0 Å². The van der Waals surface area contributed by atoms with Crippen molar-refractivity contribution in [3.8, 4) is 11.5 Å². The first kappa shape index (κ1) is 34.0. The molecule has 0 aliphatic carbocycles. The molecule has 8 rings (SSSR count). The summed E-state index contributed by atoms with van der Waals surface area (Å²) in [4.78, 5) is 38.3. The van der Waals surface area contributed by atoms with Gasteiger partial charge in [0.15, 0.2) is 48.2 Å². The van der Waals surface area contributed by atoms with Crippen LogP contribution < -0.4 is 26.0 Å². The SMILES string of the molecule is Cc1nc(N)nc2c1ncn2[C@@H]1O[C@@H]2COP(=O)(Oc3cccc(OP4(=O)CO[C@H]5O[C@@H](n6ccc(=O)[nH]c6=O)[C@](C)(F)[C@@H]5O4)c3)O[C@H]2[C@@]1(C)F. The third-order valence-electron chi connectivity index (χ3n) is 8.78. The van der Waals surface area contributed by atoms with Crippen LogP contribution in [0.3, 0.4) is 0 Å². The van der Waals surface area contributed by atoms with Gasteiger partial charge in [0.25, 0.3) is 5.56 Å². The number of anilines is 1. The molecule has 0 amide bonds. The summed E-state index contributed by atoms with van der Waals surface area (Å²) >= 11 is 0. The van der Waals surface area contributed by atoms with Crippen LogP contribution in [-0.2, 0) is 36.9 Å². The first-order valence-electron chi connectivity index (χ1n) is 15.3. The highest BCUT2D eigenvalue weighted by Gasteiger charge is 2.63. The number of rotatable bonds is 6. The van der Waals surface area contributed by atoms with E-state index in [0.717, 1.165) is 23.8 Å². The number of nitrogens with one attached hydrogen (secondary N) is 1. The van der Waals surface area contributed by atoms with Crippen LogP contribution in [0, 0.1) is 6.92 Å². The molecule has 272 valence electrons. The smallest absolute Gasteiger partial charge is 0.423 e. The van der Waals surface area contributed by atoms with Crippen molar-refractivity contribution in [2.45, 2.75) is 69.2 Å². The number of phosphoric ester groups is 1. The van der Waals surface area contributed by atoms with Crippen molar-refractivity contribution in [3.63, 3.8) is 0 Å². The molecule has 7 heterocycles. The number of fused-ring (bicyclic) bond motifs is 3. The summed E-state index contributed by atoms with van der Waals surface area (Å²) in [6.45, 7) is 3.58. The molecule has 0 spiro atoms. The van der Waals surface area contributed by atoms with Crippen molar-refractivity contribution in [1.29, 1.82) is 0 Å². The molecule has 3 N–H and O–H groups in total. The van der Waals surface area contributed by atoms with Crippen LogP contribution in [0.15, 0.2) is 52.4 Å². The Kier molecular flexibility index (Phi) is 7.83. The van der Waals surface area contributed by atoms with Gasteiger partial charge in [0, 0.05) is 18.3 Å². The van der Waals surface area contributed by atoms with Gasteiger partial charge in [0.05, 0.1) is 18.6 Å². The number of nitrogen functional groups attached to an aromatic ring is 1. The van der Waals surface area contributed by atoms with Crippen LogP contribution in [-0.4, -0.2) is 78.0 Å². The summed E-state index contributed by atoms with van der Waals surface area (Å²) in [5, 5.41) is 0. The number of hydrogen-bond donors (Lipinski definition) is 2. The van der Waals surface area contributed by atoms with E-state index in [1.165, 1.54) is 42.1 Å². The molecule has 10 atom stereocenters. The normalized spacial score (nSPS) is 37.6. The summed E-state index contributed by atoms with van der Waals surface area (Å²) in [5.41, 5.74) is 0.492. The summed E-state index contributed by atoms with van der Waals surface area (Å²) in [6.07, 6.45) is -6.62. The Hall–Kier alpha value is -4.07. The first-order chi connectivity index (χ1) is 24.1. The highest BCUT2D eigenvalue weighted by molar-refractivity contribution is 7.54. The summed E-state index contributed by atoms with van der Waals surface area (Å²) in [5.74, 6) is -0.315. The van der Waals surface area contributed by atoms with Crippen molar-refractivity contribution in [2.75, 3.05) is 18.7 Å². The van der Waals surface area contributed by atoms with Gasteiger partial charge in [0.2, 0.25) is 5.95 Å². The molecule has 51 heavy (non-hydrogen) atoms. The minimum absolute atomic E-state index is 0.0408. The van der Waals surface area contributed by atoms with Crippen molar-refractivity contribution in [2.24, 2.45) is 0 Å². The number of aromatic amines is 1. The van der Waals surface area contributed by atoms with E-state index in [2.05, 4.69) is 15.0 Å². The molecular formula is C28H29F2N7O12P2. The van der Waals surface area contributed by atoms with Crippen LogP contribution in [0.25, 0.3) is 11.2 Å². The van der Waals surface area contributed by atoms with Gasteiger partial charge >= 0.3 is 21.1 Å². The summed E-state index contributed by atoms with van der Waals surface area (Å²) in [6, 6.07) is 6.31. The Labute approximate surface area is 285 Å². The number of alkyl halides is 2. The fourth-order valence-corrected chi connectivity index (χ4v) is 9.45. The maximum absolute atomic E-state index is 16.5. The fourth-order valence-electron chi connectivity index (χ4n) is 6.40. The number of H-pyrrole nitrogens is 1. The highest BCUT2D eigenvalue weighted by atomic mass is 31.2. The monoisotopic (exact) mass is 755 g/mol. The zero-order chi connectivity index (χ0) is 36.1. The van der Waals surface area contributed by atoms with Gasteiger partial charge in [-0.05, 0) is 32.9 Å². The molecule has 4 saturated heterocycles. The van der Waals surface area contributed by atoms with Crippen LogP contribution in [0.2, 0.25) is 0 Å². The van der Waals surface area contributed by atoms with Crippen LogP contribution in [0.1, 0.15) is 32.0 Å². The summed E-state index contributed by atoms with van der Waals surface area (Å²) in [7, 11) is -8.75. The number of benzene rings is 1. The Morgan fingerprint density at radius 1 is 1.00 bits per heavy atom. The van der Waals surface area contributed by atoms with Crippen molar-refractivity contribution in [1.82, 2.24) is 29.1 Å². The molecule has 4 aliphatic heterocycles. The third kappa shape index (κ3) is 5.77. The molecule has 1 aromatic carbocycles. The second kappa shape index (κ2) is 11.7. The van der Waals surface area contributed by atoms with Gasteiger partial charge in [0.1, 0.15) is 29.2 Å². The number of aryl methyl sites for hydroxylation is 1. The molecule has 3 aromatic heterocycles. The standard InChI is InChI=1S/C28H29F2N7O12P2/c1-13-18-21(35-25(31)33-13)37(11-32-18)24-27(2,29)19-16(44-24)10-43-51(41,49-19)47-15-6-4-5-14(9-15)46-50(40)12-42-22-20(48-50)28(3,30)23(45-22)36-8-7-17(38)34-26(36)39/h4-9,11,16,19-20,22-24H,10,12H2,1-3H3,(H2,31,33,35)(H,34,38,39)/t16-,19-,20-,22+,23-,24-,27-,28-,50?,51?/m1/s1. The molecular weight excluding hydrogens is 726 g/mol. The minimum atomic E-state index is -4.49. The second-order valence-electron chi connectivity index (χ2n) is 12.6. The van der Waals surface area contributed by atoms with E-state index in [-0.39, 0.29) is 29.7 Å². The molecule has 0 radical (unpaired) electrons. The van der Waals surface area contributed by atoms with Crippen molar-refractivity contribution < 1.29 is 54.7 Å². The lowest BCUT2D eigenvalue weighted by Gasteiger charge is -2.34. The van der Waals surface area contributed by atoms with E-state index in [1.807, 2.05) is 4.98 Å². The Morgan fingerprint density at radius 3 is 2.49 bits per heavy atom. The Morgan fingerprint density at radius 2 is 1.73 bits per heavy atom. The molecule has 0 bridgehead atoms. The second-order valence-corrected chi connectivity index (χ2v) is 16.0. The average Bonchev–Trinajstić information content (AvgIpc) is 3.66. The zero-order valence-corrected chi connectivity index (χ0v) is 28.6. The number of halogens is 2. The number of phosphoric acid groups is 1. The molecule has 0 saturated carbocycles. The predicted octanol–water partition coefficient (Wildman–Crippen LogP) is 3.02. The quantitative estimate of drug-likeness (QED) is 0.269. The predicted molar refractivity (Wildman–Crippen MR) is 167 cm³/mol. The van der Waals surface area contributed by atoms with Gasteiger partial charge in [-0.1, -0.05) is 6.07 Å². The molecule has 4 aliphatic rings. The van der Waals surface area contributed by atoms with Gasteiger partial charge in [-0.25, -0.2) is 32.7 Å². The number of imidazole rings is 1. The van der Waals surface area contributed by atoms with Crippen molar-refractivity contribution >= 4 is 32.5 Å². The number of ether oxygens (including phenoxy) is 3. The summed E-state index contributed by atoms with van der Waals surface area (Å²) < 4.78 is 107. The van der Waals surface area contributed by atoms with E-state index in [0.29, 0.717) is 11.2 Å². The number of nitrogens with zero attached hydrogens (tertiary/aromatic N) is 5. The number of hydrogen-bond acceptors (Lipinski definition) is 16. The molecule has 4 aromatic rings. The molecule has 4 fully saturated rings. The maximum atomic E-state index is 16.5. The van der Waals surface area contributed by atoms with Crippen molar-refractivity contribution in [3.05, 3.63) is 69.4 Å². The van der Waals surface area contributed by atoms with Crippen LogP contribution in [0.5, 0.6) is 11.5 Å². The first-order valence-corrected chi connectivity index (χ1v) is 18.5. The van der Waals surface area contributed by atoms with E-state index >= 15 is 8.78 Å². The molecule has 2 unspecified atom stereocenters. The Balaban J connectivity index is 0.966. The van der Waals surface area contributed by atoms with Crippen LogP contribution in [0.4, 0.5) is 14.7 Å². The molecule has 23 heteroatoms. The van der Waals surface area contributed by atoms with Gasteiger partial charge in [-0.2, -0.15) is 4.98 Å². The number of nitrogens with two attached hydrogens (primary N) is 1. The van der Waals surface area contributed by atoms with E-state index < -0.39 is 81.4 Å². The largest absolute Gasteiger partial charge is 0.530 e. The lowest BCUT2D eigenvalue weighted by atomic mass is 9.98. The topological polar surface area (TPSA) is 232 Å². The molecule has 19 nitrogen and oxygen atoms in total. The van der Waals surface area contributed by atoms with Gasteiger partial charge in [-0.3, -0.25) is 32.5 Å².